The number of hydrogen-bond acceptors (Lipinski definition) is 4. The number of carbonyl (C=O) groups excluding carboxylic acids is 1. The van der Waals surface area contributed by atoms with Gasteiger partial charge < -0.3 is 4.74 Å². The van der Waals surface area contributed by atoms with Crippen LogP contribution in [0.3, 0.4) is 0 Å². The van der Waals surface area contributed by atoms with E-state index in [0.717, 1.165) is 16.9 Å². The number of aryl methyl sites for hydroxylation is 1. The van der Waals surface area contributed by atoms with Gasteiger partial charge in [-0.15, -0.1) is 0 Å². The van der Waals surface area contributed by atoms with E-state index in [4.69, 9.17) is 17.0 Å². The summed E-state index contributed by atoms with van der Waals surface area (Å²) in [5.74, 6) is 0.751. The van der Waals surface area contributed by atoms with Crippen LogP contribution < -0.4 is 4.74 Å². The lowest BCUT2D eigenvalue weighted by molar-refractivity contribution is -0.122. The smallest absolute Gasteiger partial charge is 0.266 e. The summed E-state index contributed by atoms with van der Waals surface area (Å²) in [5, 5.41) is 0. The zero-order valence-corrected chi connectivity index (χ0v) is 18.2. The van der Waals surface area contributed by atoms with Crippen molar-refractivity contribution in [3.05, 3.63) is 106 Å². The average Bonchev–Trinajstić information content (AvgIpc) is 3.02. The first-order chi connectivity index (χ1) is 14.6. The van der Waals surface area contributed by atoms with E-state index in [-0.39, 0.29) is 5.91 Å². The number of amides is 1. The molecule has 0 bridgehead atoms. The highest BCUT2D eigenvalue weighted by atomic mass is 32.2. The highest BCUT2D eigenvalue weighted by Gasteiger charge is 2.31. The quantitative estimate of drug-likeness (QED) is 0.355. The van der Waals surface area contributed by atoms with E-state index in [1.54, 1.807) is 4.90 Å². The Morgan fingerprint density at radius 2 is 1.67 bits per heavy atom. The van der Waals surface area contributed by atoms with Crippen molar-refractivity contribution in [2.45, 2.75) is 20.1 Å². The second-order valence-corrected chi connectivity index (χ2v) is 8.71. The van der Waals surface area contributed by atoms with Gasteiger partial charge in [0, 0.05) is 0 Å². The maximum atomic E-state index is 12.8. The van der Waals surface area contributed by atoms with E-state index in [9.17, 15) is 4.79 Å². The van der Waals surface area contributed by atoms with E-state index < -0.39 is 0 Å². The zero-order chi connectivity index (χ0) is 20.9. The third-order valence-electron chi connectivity index (χ3n) is 4.89. The van der Waals surface area contributed by atoms with Crippen LogP contribution in [0.4, 0.5) is 0 Å². The van der Waals surface area contributed by atoms with Gasteiger partial charge in [-0.05, 0) is 47.4 Å². The number of carbonyl (C=O) groups is 1. The Hall–Kier alpha value is -2.89. The molecule has 3 nitrogen and oxygen atoms in total. The van der Waals surface area contributed by atoms with Crippen molar-refractivity contribution in [1.82, 2.24) is 4.90 Å². The molecule has 0 atom stereocenters. The SMILES string of the molecule is Cc1ccccc1COc1ccc(C=C2SC(=S)N(Cc3ccccc3)C2=O)cc1. The number of benzene rings is 3. The summed E-state index contributed by atoms with van der Waals surface area (Å²) in [7, 11) is 0. The molecule has 1 aliphatic rings. The molecule has 0 saturated carbocycles. The lowest BCUT2D eigenvalue weighted by Gasteiger charge is -2.14. The van der Waals surface area contributed by atoms with Gasteiger partial charge >= 0.3 is 0 Å². The lowest BCUT2D eigenvalue weighted by Crippen LogP contribution is -2.27. The normalized spacial score (nSPS) is 15.1. The summed E-state index contributed by atoms with van der Waals surface area (Å²) in [4.78, 5) is 15.1. The molecule has 30 heavy (non-hydrogen) atoms. The van der Waals surface area contributed by atoms with Gasteiger partial charge in [-0.2, -0.15) is 0 Å². The number of hydrogen-bond donors (Lipinski definition) is 0. The van der Waals surface area contributed by atoms with Crippen molar-refractivity contribution < 1.29 is 9.53 Å². The average molecular weight is 432 g/mol. The van der Waals surface area contributed by atoms with Crippen molar-refractivity contribution in [3.63, 3.8) is 0 Å². The molecular formula is C25H21NO2S2. The predicted octanol–water partition coefficient (Wildman–Crippen LogP) is 5.98. The summed E-state index contributed by atoms with van der Waals surface area (Å²) in [6.07, 6.45) is 1.88. The largest absolute Gasteiger partial charge is 0.489 e. The molecule has 4 rings (SSSR count). The van der Waals surface area contributed by atoms with E-state index in [2.05, 4.69) is 19.1 Å². The topological polar surface area (TPSA) is 29.5 Å². The van der Waals surface area contributed by atoms with Crippen molar-refractivity contribution in [1.29, 1.82) is 0 Å². The maximum absolute atomic E-state index is 12.8. The second kappa shape index (κ2) is 9.28. The fourth-order valence-electron chi connectivity index (χ4n) is 3.15. The number of nitrogens with zero attached hydrogens (tertiary/aromatic N) is 1. The number of thiocarbonyl (C=S) groups is 1. The Bertz CT molecular complexity index is 1090. The molecule has 3 aromatic rings. The van der Waals surface area contributed by atoms with Crippen LogP contribution in [0, 0.1) is 6.92 Å². The number of ether oxygens (including phenoxy) is 1. The molecule has 0 aromatic heterocycles. The van der Waals surface area contributed by atoms with Gasteiger partial charge in [0.05, 0.1) is 11.4 Å². The molecule has 0 radical (unpaired) electrons. The molecular weight excluding hydrogens is 410 g/mol. The Morgan fingerprint density at radius 3 is 2.40 bits per heavy atom. The Morgan fingerprint density at radius 1 is 0.967 bits per heavy atom. The highest BCUT2D eigenvalue weighted by molar-refractivity contribution is 8.26. The molecule has 0 spiro atoms. The maximum Gasteiger partial charge on any atom is 0.266 e. The molecule has 0 unspecified atom stereocenters. The Labute approximate surface area is 186 Å². The van der Waals surface area contributed by atoms with Crippen molar-refractivity contribution >= 4 is 40.3 Å². The van der Waals surface area contributed by atoms with Crippen LogP contribution in [0.1, 0.15) is 22.3 Å². The minimum absolute atomic E-state index is 0.0475. The number of thioether (sulfide) groups is 1. The van der Waals surface area contributed by atoms with Crippen LogP contribution >= 0.6 is 24.0 Å². The minimum atomic E-state index is -0.0475. The van der Waals surface area contributed by atoms with Gasteiger partial charge in [-0.3, -0.25) is 9.69 Å². The molecule has 1 saturated heterocycles. The molecule has 3 aromatic carbocycles. The van der Waals surface area contributed by atoms with Gasteiger partial charge in [0.25, 0.3) is 5.91 Å². The molecule has 1 heterocycles. The third kappa shape index (κ3) is 4.81. The first kappa shape index (κ1) is 20.4. The Balaban J connectivity index is 1.41. The third-order valence-corrected chi connectivity index (χ3v) is 6.27. The van der Waals surface area contributed by atoms with Crippen LogP contribution in [0.5, 0.6) is 5.75 Å². The van der Waals surface area contributed by atoms with Gasteiger partial charge in [0.2, 0.25) is 0 Å². The fourth-order valence-corrected chi connectivity index (χ4v) is 4.40. The van der Waals surface area contributed by atoms with Crippen LogP contribution in [0.2, 0.25) is 0 Å². The zero-order valence-electron chi connectivity index (χ0n) is 16.6. The molecule has 1 fully saturated rings. The molecule has 0 aliphatic carbocycles. The van der Waals surface area contributed by atoms with Gasteiger partial charge in [-0.25, -0.2) is 0 Å². The van der Waals surface area contributed by atoms with Crippen LogP contribution in [0.15, 0.2) is 83.8 Å². The molecule has 150 valence electrons. The van der Waals surface area contributed by atoms with Gasteiger partial charge in [0.15, 0.2) is 0 Å². The molecule has 1 aliphatic heterocycles. The van der Waals surface area contributed by atoms with Crippen molar-refractivity contribution in [2.75, 3.05) is 0 Å². The summed E-state index contributed by atoms with van der Waals surface area (Å²) < 4.78 is 6.49. The minimum Gasteiger partial charge on any atom is -0.489 e. The van der Waals surface area contributed by atoms with E-state index in [0.29, 0.717) is 22.4 Å². The summed E-state index contributed by atoms with van der Waals surface area (Å²) in [6.45, 7) is 3.11. The van der Waals surface area contributed by atoms with E-state index in [1.165, 1.54) is 22.9 Å². The van der Waals surface area contributed by atoms with Crippen LogP contribution in [-0.2, 0) is 17.9 Å². The molecule has 0 N–H and O–H groups in total. The monoisotopic (exact) mass is 431 g/mol. The van der Waals surface area contributed by atoms with Crippen LogP contribution in [-0.4, -0.2) is 15.1 Å². The second-order valence-electron chi connectivity index (χ2n) is 7.04. The van der Waals surface area contributed by atoms with Gasteiger partial charge in [0.1, 0.15) is 16.7 Å². The van der Waals surface area contributed by atoms with Crippen LogP contribution in [0.25, 0.3) is 6.08 Å². The summed E-state index contributed by atoms with van der Waals surface area (Å²) in [5.41, 5.74) is 4.39. The van der Waals surface area contributed by atoms with Crippen molar-refractivity contribution in [2.24, 2.45) is 0 Å². The lowest BCUT2D eigenvalue weighted by atomic mass is 10.1. The Kier molecular flexibility index (Phi) is 6.31. The standard InChI is InChI=1S/C25H21NO2S2/c1-18-7-5-6-10-21(18)17-28-22-13-11-19(12-14-22)15-23-24(27)26(25(29)30-23)16-20-8-3-2-4-9-20/h2-15H,16-17H2,1H3. The van der Waals surface area contributed by atoms with Gasteiger partial charge in [-0.1, -0.05) is 90.7 Å². The predicted molar refractivity (Wildman–Crippen MR) is 127 cm³/mol. The van der Waals surface area contributed by atoms with E-state index >= 15 is 0 Å². The first-order valence-corrected chi connectivity index (χ1v) is 10.9. The fraction of sp³-hybridized carbons (Fsp3) is 0.120. The molecule has 1 amide bonds. The summed E-state index contributed by atoms with van der Waals surface area (Å²) >= 11 is 6.78. The highest BCUT2D eigenvalue weighted by Crippen LogP contribution is 2.33. The van der Waals surface area contributed by atoms with Crippen molar-refractivity contribution in [3.8, 4) is 5.75 Å². The first-order valence-electron chi connectivity index (χ1n) is 9.67. The molecule has 5 heteroatoms. The summed E-state index contributed by atoms with van der Waals surface area (Å²) in [6, 6.07) is 25.8. The number of rotatable bonds is 6. The van der Waals surface area contributed by atoms with E-state index in [1.807, 2.05) is 72.8 Å².